The second-order valence-electron chi connectivity index (χ2n) is 4.28. The third kappa shape index (κ3) is 2.68. The molecule has 0 heterocycles. The second-order valence-corrected chi connectivity index (χ2v) is 4.28. The summed E-state index contributed by atoms with van der Waals surface area (Å²) in [5.74, 6) is -0.783. The average Bonchev–Trinajstić information content (AvgIpc) is 2.37. The number of nitrogens with one attached hydrogen (secondary N) is 1. The predicted molar refractivity (Wildman–Crippen MR) is 72.6 cm³/mol. The van der Waals surface area contributed by atoms with Crippen LogP contribution < -0.4 is 5.32 Å². The molecule has 0 radical (unpaired) electrons. The van der Waals surface area contributed by atoms with Gasteiger partial charge in [-0.1, -0.05) is 49.4 Å². The largest absolute Gasteiger partial charge is 0.481 e. The maximum atomic E-state index is 11.0. The fourth-order valence-corrected chi connectivity index (χ4v) is 2.27. The van der Waals surface area contributed by atoms with E-state index in [1.807, 2.05) is 49.4 Å². The molecule has 18 heavy (non-hydrogen) atoms. The lowest BCUT2D eigenvalue weighted by molar-refractivity contribution is -0.137. The monoisotopic (exact) mass is 243 g/mol. The molecule has 0 bridgehead atoms. The van der Waals surface area contributed by atoms with Crippen LogP contribution in [0.3, 0.4) is 0 Å². The number of hydrogen-bond acceptors (Lipinski definition) is 2. The number of benzene rings is 2. The van der Waals surface area contributed by atoms with Crippen LogP contribution in [0.25, 0.3) is 10.8 Å². The van der Waals surface area contributed by atoms with Gasteiger partial charge in [0.15, 0.2) is 0 Å². The zero-order valence-corrected chi connectivity index (χ0v) is 10.4. The Hall–Kier alpha value is -1.87. The molecule has 0 spiro atoms. The van der Waals surface area contributed by atoms with Crippen LogP contribution in [0.5, 0.6) is 0 Å². The van der Waals surface area contributed by atoms with E-state index < -0.39 is 5.97 Å². The Morgan fingerprint density at radius 1 is 1.22 bits per heavy atom. The van der Waals surface area contributed by atoms with Crippen molar-refractivity contribution in [1.82, 2.24) is 5.32 Å². The second kappa shape index (κ2) is 5.65. The summed E-state index contributed by atoms with van der Waals surface area (Å²) in [5, 5.41) is 14.5. The number of hydrogen-bond donors (Lipinski definition) is 2. The Balaban J connectivity index is 2.46. The van der Waals surface area contributed by atoms with Gasteiger partial charge in [0, 0.05) is 6.04 Å². The Kier molecular flexibility index (Phi) is 3.95. The van der Waals surface area contributed by atoms with Gasteiger partial charge < -0.3 is 10.4 Å². The van der Waals surface area contributed by atoms with Crippen LogP contribution >= 0.6 is 0 Å². The number of carbonyl (C=O) groups is 1. The lowest BCUT2D eigenvalue weighted by Crippen LogP contribution is -2.23. The third-order valence-electron chi connectivity index (χ3n) is 3.03. The van der Waals surface area contributed by atoms with Gasteiger partial charge in [0.2, 0.25) is 0 Å². The quantitative estimate of drug-likeness (QED) is 0.848. The summed E-state index contributed by atoms with van der Waals surface area (Å²) in [5.41, 5.74) is 1.05. The van der Waals surface area contributed by atoms with Crippen molar-refractivity contribution in [2.45, 2.75) is 19.4 Å². The first-order valence-corrected chi connectivity index (χ1v) is 6.15. The molecule has 0 fully saturated rings. The molecule has 2 N–H and O–H groups in total. The lowest BCUT2D eigenvalue weighted by Gasteiger charge is -2.18. The molecule has 0 amide bonds. The molecule has 3 heteroatoms. The Labute approximate surface area is 106 Å². The van der Waals surface area contributed by atoms with Crippen LogP contribution in [-0.2, 0) is 4.79 Å². The van der Waals surface area contributed by atoms with Crippen LogP contribution in [-0.4, -0.2) is 17.6 Å². The van der Waals surface area contributed by atoms with Crippen molar-refractivity contribution in [3.63, 3.8) is 0 Å². The van der Waals surface area contributed by atoms with E-state index in [0.717, 1.165) is 22.9 Å². The molecule has 2 rings (SSSR count). The van der Waals surface area contributed by atoms with E-state index in [1.165, 1.54) is 0 Å². The third-order valence-corrected chi connectivity index (χ3v) is 3.03. The van der Waals surface area contributed by atoms with Gasteiger partial charge in [-0.2, -0.15) is 0 Å². The molecule has 2 aromatic rings. The zero-order valence-electron chi connectivity index (χ0n) is 10.4. The number of carboxylic acids is 1. The summed E-state index contributed by atoms with van der Waals surface area (Å²) in [7, 11) is 0. The minimum absolute atomic E-state index is 0.0991. The molecular formula is C15H17NO2. The van der Waals surface area contributed by atoms with Gasteiger partial charge >= 0.3 is 5.97 Å². The van der Waals surface area contributed by atoms with Crippen molar-refractivity contribution >= 4 is 16.7 Å². The molecule has 0 aliphatic heterocycles. The minimum atomic E-state index is -0.783. The molecule has 3 nitrogen and oxygen atoms in total. The molecule has 1 unspecified atom stereocenters. The van der Waals surface area contributed by atoms with E-state index in [1.54, 1.807) is 0 Å². The minimum Gasteiger partial charge on any atom is -0.481 e. The topological polar surface area (TPSA) is 49.3 Å². The van der Waals surface area contributed by atoms with E-state index in [2.05, 4.69) is 5.32 Å². The van der Waals surface area contributed by atoms with Crippen LogP contribution in [0.15, 0.2) is 42.5 Å². The van der Waals surface area contributed by atoms with Gasteiger partial charge in [-0.25, -0.2) is 0 Å². The van der Waals surface area contributed by atoms with Crippen molar-refractivity contribution in [1.29, 1.82) is 0 Å². The van der Waals surface area contributed by atoms with Crippen molar-refractivity contribution in [3.8, 4) is 0 Å². The highest BCUT2D eigenvalue weighted by Gasteiger charge is 2.16. The Morgan fingerprint density at radius 3 is 2.67 bits per heavy atom. The van der Waals surface area contributed by atoms with Crippen molar-refractivity contribution in [2.24, 2.45) is 0 Å². The van der Waals surface area contributed by atoms with Gasteiger partial charge in [-0.3, -0.25) is 4.79 Å². The van der Waals surface area contributed by atoms with Crippen molar-refractivity contribution in [3.05, 3.63) is 48.0 Å². The first kappa shape index (κ1) is 12.6. The van der Waals surface area contributed by atoms with E-state index in [4.69, 9.17) is 5.11 Å². The van der Waals surface area contributed by atoms with Gasteiger partial charge in [-0.15, -0.1) is 0 Å². The highest BCUT2D eigenvalue weighted by Crippen LogP contribution is 2.26. The predicted octanol–water partition coefficient (Wildman–Crippen LogP) is 2.97. The molecule has 0 aromatic heterocycles. The molecule has 1 atom stereocenters. The van der Waals surface area contributed by atoms with Gasteiger partial charge in [0.25, 0.3) is 0 Å². The number of fused-ring (bicyclic) bond motifs is 1. The average molecular weight is 243 g/mol. The summed E-state index contributed by atoms with van der Waals surface area (Å²) in [6.07, 6.45) is 0.0991. The Bertz CT molecular complexity index is 546. The van der Waals surface area contributed by atoms with Gasteiger partial charge in [0.05, 0.1) is 6.42 Å². The van der Waals surface area contributed by atoms with E-state index >= 15 is 0 Å². The summed E-state index contributed by atoms with van der Waals surface area (Å²) in [6, 6.07) is 13.9. The standard InChI is InChI=1S/C15H17NO2/c1-2-16-14(10-15(17)18)13-9-5-7-11-6-3-4-8-12(11)13/h3-9,14,16H,2,10H2,1H3,(H,17,18). The zero-order chi connectivity index (χ0) is 13.0. The maximum absolute atomic E-state index is 11.0. The SMILES string of the molecule is CCNC(CC(=O)O)c1cccc2ccccc12. The number of aliphatic carboxylic acids is 1. The van der Waals surface area contributed by atoms with Crippen LogP contribution in [0.1, 0.15) is 24.9 Å². The molecule has 0 aliphatic rings. The molecule has 0 saturated heterocycles. The van der Waals surface area contributed by atoms with Crippen molar-refractivity contribution < 1.29 is 9.90 Å². The van der Waals surface area contributed by atoms with Crippen LogP contribution in [0, 0.1) is 0 Å². The summed E-state index contributed by atoms with van der Waals surface area (Å²) in [4.78, 5) is 11.0. The lowest BCUT2D eigenvalue weighted by atomic mass is 9.97. The van der Waals surface area contributed by atoms with Gasteiger partial charge in [-0.05, 0) is 22.9 Å². The molecular weight excluding hydrogens is 226 g/mol. The van der Waals surface area contributed by atoms with E-state index in [9.17, 15) is 4.79 Å². The fraction of sp³-hybridized carbons (Fsp3) is 0.267. The number of carboxylic acid groups (broad SMARTS) is 1. The van der Waals surface area contributed by atoms with E-state index in [0.29, 0.717) is 0 Å². The normalized spacial score (nSPS) is 12.5. The smallest absolute Gasteiger partial charge is 0.305 e. The van der Waals surface area contributed by atoms with E-state index in [-0.39, 0.29) is 12.5 Å². The maximum Gasteiger partial charge on any atom is 0.305 e. The fourth-order valence-electron chi connectivity index (χ4n) is 2.27. The van der Waals surface area contributed by atoms with Crippen LogP contribution in [0.4, 0.5) is 0 Å². The first-order valence-electron chi connectivity index (χ1n) is 6.15. The summed E-state index contributed by atoms with van der Waals surface area (Å²) >= 11 is 0. The summed E-state index contributed by atoms with van der Waals surface area (Å²) in [6.45, 7) is 2.74. The highest BCUT2D eigenvalue weighted by atomic mass is 16.4. The molecule has 2 aromatic carbocycles. The first-order chi connectivity index (χ1) is 8.72. The Morgan fingerprint density at radius 2 is 1.94 bits per heavy atom. The number of rotatable bonds is 5. The highest BCUT2D eigenvalue weighted by molar-refractivity contribution is 5.86. The van der Waals surface area contributed by atoms with Gasteiger partial charge in [0.1, 0.15) is 0 Å². The van der Waals surface area contributed by atoms with Crippen LogP contribution in [0.2, 0.25) is 0 Å². The molecule has 0 aliphatic carbocycles. The summed E-state index contributed by atoms with van der Waals surface area (Å²) < 4.78 is 0. The molecule has 0 saturated carbocycles. The van der Waals surface area contributed by atoms with Crippen molar-refractivity contribution in [2.75, 3.05) is 6.54 Å². The molecule has 94 valence electrons.